The van der Waals surface area contributed by atoms with Crippen molar-refractivity contribution in [3.8, 4) is 0 Å². The second kappa shape index (κ2) is 5.61. The molecule has 1 unspecified atom stereocenters. The molecule has 0 fully saturated rings. The number of rotatable bonds is 2. The summed E-state index contributed by atoms with van der Waals surface area (Å²) in [6.45, 7) is 3.73. The predicted molar refractivity (Wildman–Crippen MR) is 81.1 cm³/mol. The highest BCUT2D eigenvalue weighted by molar-refractivity contribution is 9.10. The highest BCUT2D eigenvalue weighted by Crippen LogP contribution is 2.32. The molecular formula is C15H14BrClFN. The van der Waals surface area contributed by atoms with Crippen molar-refractivity contribution in [3.63, 3.8) is 0 Å². The minimum absolute atomic E-state index is 0.271. The van der Waals surface area contributed by atoms with Crippen LogP contribution < -0.4 is 5.73 Å². The van der Waals surface area contributed by atoms with Crippen LogP contribution in [0.1, 0.15) is 28.3 Å². The lowest BCUT2D eigenvalue weighted by Gasteiger charge is -2.18. The molecule has 0 aliphatic carbocycles. The van der Waals surface area contributed by atoms with E-state index in [0.29, 0.717) is 10.6 Å². The molecule has 0 radical (unpaired) electrons. The second-order valence-electron chi connectivity index (χ2n) is 4.62. The summed E-state index contributed by atoms with van der Waals surface area (Å²) in [6, 6.07) is 8.25. The van der Waals surface area contributed by atoms with Gasteiger partial charge in [0.25, 0.3) is 0 Å². The number of hydrogen-bond donors (Lipinski definition) is 1. The topological polar surface area (TPSA) is 26.0 Å². The first-order valence-electron chi connectivity index (χ1n) is 5.87. The fourth-order valence-electron chi connectivity index (χ4n) is 2.23. The molecule has 0 aliphatic heterocycles. The van der Waals surface area contributed by atoms with Gasteiger partial charge in [0.15, 0.2) is 0 Å². The van der Waals surface area contributed by atoms with Gasteiger partial charge < -0.3 is 5.73 Å². The van der Waals surface area contributed by atoms with E-state index in [1.54, 1.807) is 12.1 Å². The van der Waals surface area contributed by atoms with E-state index in [4.69, 9.17) is 17.3 Å². The quantitative estimate of drug-likeness (QED) is 0.825. The number of aryl methyl sites for hydroxylation is 2. The van der Waals surface area contributed by atoms with E-state index in [2.05, 4.69) is 15.9 Å². The van der Waals surface area contributed by atoms with Gasteiger partial charge in [-0.25, -0.2) is 4.39 Å². The molecule has 19 heavy (non-hydrogen) atoms. The molecule has 0 spiro atoms. The SMILES string of the molecule is Cc1cc(C)c(C(N)c2ccc(Cl)cc2Br)c(F)c1. The van der Waals surface area contributed by atoms with Gasteiger partial charge in [-0.1, -0.05) is 39.7 Å². The van der Waals surface area contributed by atoms with Crippen LogP contribution in [0.2, 0.25) is 5.02 Å². The number of hydrogen-bond acceptors (Lipinski definition) is 1. The summed E-state index contributed by atoms with van der Waals surface area (Å²) in [5.74, 6) is -0.271. The van der Waals surface area contributed by atoms with Gasteiger partial charge in [-0.3, -0.25) is 0 Å². The third-order valence-corrected chi connectivity index (χ3v) is 4.01. The summed E-state index contributed by atoms with van der Waals surface area (Å²) in [6.07, 6.45) is 0. The minimum atomic E-state index is -0.521. The normalized spacial score (nSPS) is 12.5. The van der Waals surface area contributed by atoms with Crippen LogP contribution in [0, 0.1) is 19.7 Å². The van der Waals surface area contributed by atoms with E-state index < -0.39 is 6.04 Å². The van der Waals surface area contributed by atoms with Crippen LogP contribution in [0.3, 0.4) is 0 Å². The molecule has 2 N–H and O–H groups in total. The summed E-state index contributed by atoms with van der Waals surface area (Å²) in [5, 5.41) is 0.615. The molecule has 0 amide bonds. The fourth-order valence-corrected chi connectivity index (χ4v) is 3.16. The molecule has 2 aromatic carbocycles. The van der Waals surface area contributed by atoms with E-state index >= 15 is 0 Å². The molecular weight excluding hydrogens is 329 g/mol. The first-order valence-corrected chi connectivity index (χ1v) is 7.04. The zero-order valence-corrected chi connectivity index (χ0v) is 13.0. The Labute approximate surface area is 125 Å². The van der Waals surface area contributed by atoms with Crippen molar-refractivity contribution in [1.29, 1.82) is 0 Å². The average molecular weight is 343 g/mol. The highest BCUT2D eigenvalue weighted by Gasteiger charge is 2.18. The molecule has 0 saturated carbocycles. The van der Waals surface area contributed by atoms with Crippen LogP contribution in [0.15, 0.2) is 34.8 Å². The monoisotopic (exact) mass is 341 g/mol. The molecule has 2 aromatic rings. The van der Waals surface area contributed by atoms with Crippen molar-refractivity contribution in [2.75, 3.05) is 0 Å². The maximum atomic E-state index is 14.1. The predicted octanol–water partition coefficient (Wildman–Crippen LogP) is 4.91. The number of nitrogens with two attached hydrogens (primary N) is 1. The number of benzene rings is 2. The smallest absolute Gasteiger partial charge is 0.128 e. The Hall–Kier alpha value is -0.900. The molecule has 0 heterocycles. The molecule has 0 aromatic heterocycles. The Morgan fingerprint density at radius 3 is 2.47 bits per heavy atom. The Morgan fingerprint density at radius 1 is 1.21 bits per heavy atom. The van der Waals surface area contributed by atoms with Gasteiger partial charge >= 0.3 is 0 Å². The van der Waals surface area contributed by atoms with Gasteiger partial charge in [0, 0.05) is 15.1 Å². The summed E-state index contributed by atoms with van der Waals surface area (Å²) in [4.78, 5) is 0. The van der Waals surface area contributed by atoms with Crippen LogP contribution >= 0.6 is 27.5 Å². The Bertz CT molecular complexity index is 605. The summed E-state index contributed by atoms with van der Waals surface area (Å²) in [5.41, 5.74) is 9.29. The molecule has 4 heteroatoms. The zero-order valence-electron chi connectivity index (χ0n) is 10.7. The highest BCUT2D eigenvalue weighted by atomic mass is 79.9. The van der Waals surface area contributed by atoms with Crippen molar-refractivity contribution < 1.29 is 4.39 Å². The van der Waals surface area contributed by atoms with Crippen LogP contribution in [0.25, 0.3) is 0 Å². The van der Waals surface area contributed by atoms with Gasteiger partial charge in [-0.15, -0.1) is 0 Å². The first-order chi connectivity index (χ1) is 8.90. The fraction of sp³-hybridized carbons (Fsp3) is 0.200. The van der Waals surface area contributed by atoms with Gasteiger partial charge in [-0.05, 0) is 48.7 Å². The Morgan fingerprint density at radius 2 is 1.89 bits per heavy atom. The first kappa shape index (κ1) is 14.5. The maximum absolute atomic E-state index is 14.1. The van der Waals surface area contributed by atoms with Crippen LogP contribution in [0.4, 0.5) is 4.39 Å². The van der Waals surface area contributed by atoms with E-state index in [0.717, 1.165) is 21.2 Å². The molecule has 1 atom stereocenters. The third kappa shape index (κ3) is 2.99. The van der Waals surface area contributed by atoms with Crippen LogP contribution in [-0.2, 0) is 0 Å². The van der Waals surface area contributed by atoms with E-state index in [-0.39, 0.29) is 5.82 Å². The summed E-state index contributed by atoms with van der Waals surface area (Å²) < 4.78 is 14.9. The lowest BCUT2D eigenvalue weighted by molar-refractivity contribution is 0.595. The van der Waals surface area contributed by atoms with Gasteiger partial charge in [0.05, 0.1) is 6.04 Å². The molecule has 0 aliphatic rings. The van der Waals surface area contributed by atoms with Crippen molar-refractivity contribution >= 4 is 27.5 Å². The summed E-state index contributed by atoms with van der Waals surface area (Å²) >= 11 is 9.33. The summed E-state index contributed by atoms with van der Waals surface area (Å²) in [7, 11) is 0. The minimum Gasteiger partial charge on any atom is -0.320 e. The van der Waals surface area contributed by atoms with Crippen molar-refractivity contribution in [2.45, 2.75) is 19.9 Å². The molecule has 100 valence electrons. The molecule has 1 nitrogen and oxygen atoms in total. The number of halogens is 3. The van der Waals surface area contributed by atoms with E-state index in [1.807, 2.05) is 26.0 Å². The van der Waals surface area contributed by atoms with E-state index in [1.165, 1.54) is 6.07 Å². The standard InChI is InChI=1S/C15H14BrClFN/c1-8-5-9(2)14(13(18)6-8)15(19)11-4-3-10(17)7-12(11)16/h3-7,15H,19H2,1-2H3. The van der Waals surface area contributed by atoms with Crippen molar-refractivity contribution in [3.05, 3.63) is 67.9 Å². The Kier molecular flexibility index (Phi) is 4.29. The maximum Gasteiger partial charge on any atom is 0.128 e. The third-order valence-electron chi connectivity index (χ3n) is 3.09. The average Bonchev–Trinajstić information content (AvgIpc) is 2.26. The molecule has 0 bridgehead atoms. The molecule has 0 saturated heterocycles. The van der Waals surface area contributed by atoms with Crippen LogP contribution in [-0.4, -0.2) is 0 Å². The van der Waals surface area contributed by atoms with Gasteiger partial charge in [0.1, 0.15) is 5.82 Å². The second-order valence-corrected chi connectivity index (χ2v) is 5.91. The van der Waals surface area contributed by atoms with Crippen LogP contribution in [0.5, 0.6) is 0 Å². The lowest BCUT2D eigenvalue weighted by atomic mass is 9.94. The lowest BCUT2D eigenvalue weighted by Crippen LogP contribution is -2.16. The van der Waals surface area contributed by atoms with Gasteiger partial charge in [0.2, 0.25) is 0 Å². The largest absolute Gasteiger partial charge is 0.320 e. The zero-order chi connectivity index (χ0) is 14.2. The Balaban J connectivity index is 2.53. The van der Waals surface area contributed by atoms with Crippen molar-refractivity contribution in [1.82, 2.24) is 0 Å². The van der Waals surface area contributed by atoms with E-state index in [9.17, 15) is 4.39 Å². The van der Waals surface area contributed by atoms with Crippen molar-refractivity contribution in [2.24, 2.45) is 5.73 Å². The molecule has 2 rings (SSSR count). The van der Waals surface area contributed by atoms with Gasteiger partial charge in [-0.2, -0.15) is 0 Å².